The van der Waals surface area contributed by atoms with Crippen LogP contribution >= 0.6 is 0 Å². The summed E-state index contributed by atoms with van der Waals surface area (Å²) in [6.45, 7) is 7.49. The molecular weight excluding hydrogens is 328 g/mol. The Hall–Kier alpha value is -2.60. The Morgan fingerprint density at radius 3 is 2.73 bits per heavy atom. The number of nitrogens with one attached hydrogen (secondary N) is 1. The summed E-state index contributed by atoms with van der Waals surface area (Å²) in [6, 6.07) is 8.10. The molecule has 26 heavy (non-hydrogen) atoms. The van der Waals surface area contributed by atoms with Gasteiger partial charge < -0.3 is 19.3 Å². The summed E-state index contributed by atoms with van der Waals surface area (Å²) >= 11 is 0. The van der Waals surface area contributed by atoms with Crippen LogP contribution in [0.3, 0.4) is 0 Å². The van der Waals surface area contributed by atoms with Crippen molar-refractivity contribution in [2.45, 2.75) is 33.2 Å². The molecule has 0 saturated heterocycles. The van der Waals surface area contributed by atoms with E-state index in [-0.39, 0.29) is 11.8 Å². The highest BCUT2D eigenvalue weighted by Gasteiger charge is 2.23. The van der Waals surface area contributed by atoms with Crippen molar-refractivity contribution in [2.75, 3.05) is 26.0 Å². The molecule has 1 unspecified atom stereocenters. The number of rotatable bonds is 6. The van der Waals surface area contributed by atoms with Crippen LogP contribution in [0.4, 0.5) is 5.69 Å². The zero-order valence-electron chi connectivity index (χ0n) is 16.0. The maximum atomic E-state index is 12.6. The van der Waals surface area contributed by atoms with E-state index >= 15 is 0 Å². The van der Waals surface area contributed by atoms with Gasteiger partial charge in [-0.05, 0) is 59.1 Å². The fraction of sp³-hybridized carbons (Fsp3) is 0.400. The van der Waals surface area contributed by atoms with Crippen molar-refractivity contribution >= 4 is 22.5 Å². The van der Waals surface area contributed by atoms with E-state index in [1.165, 1.54) is 5.52 Å². The van der Waals surface area contributed by atoms with Crippen molar-refractivity contribution in [1.82, 2.24) is 14.6 Å². The Bertz CT molecular complexity index is 904. The molecule has 3 aromatic rings. The molecule has 0 spiro atoms. The molecule has 0 aliphatic heterocycles. The first kappa shape index (κ1) is 18.2. The van der Waals surface area contributed by atoms with Crippen molar-refractivity contribution in [1.29, 1.82) is 0 Å². The minimum Gasteiger partial charge on any atom is -0.361 e. The van der Waals surface area contributed by atoms with Gasteiger partial charge >= 0.3 is 0 Å². The zero-order chi connectivity index (χ0) is 18.8. The minimum absolute atomic E-state index is 0.0641. The van der Waals surface area contributed by atoms with E-state index < -0.39 is 0 Å². The number of hydrogen-bond acceptors (Lipinski definition) is 4. The van der Waals surface area contributed by atoms with Gasteiger partial charge in [-0.1, -0.05) is 5.16 Å². The number of aromatic nitrogens is 2. The van der Waals surface area contributed by atoms with Gasteiger partial charge in [0.25, 0.3) is 0 Å². The summed E-state index contributed by atoms with van der Waals surface area (Å²) in [5.74, 6) is 0.311. The molecule has 0 fully saturated rings. The molecule has 1 amide bonds. The molecule has 1 N–H and O–H groups in total. The molecule has 6 heteroatoms. The summed E-state index contributed by atoms with van der Waals surface area (Å²) in [6.07, 6.45) is 2.09. The average molecular weight is 354 g/mol. The van der Waals surface area contributed by atoms with Gasteiger partial charge in [0.05, 0.1) is 11.6 Å². The van der Waals surface area contributed by atoms with E-state index in [4.69, 9.17) is 4.52 Å². The molecule has 0 aliphatic carbocycles. The third-order valence-electron chi connectivity index (χ3n) is 4.74. The van der Waals surface area contributed by atoms with Gasteiger partial charge in [0.2, 0.25) is 5.91 Å². The predicted octanol–water partition coefficient (Wildman–Crippen LogP) is 3.55. The molecule has 0 saturated carbocycles. The molecule has 6 nitrogen and oxygen atoms in total. The Balaban J connectivity index is 1.75. The monoisotopic (exact) mass is 354 g/mol. The summed E-state index contributed by atoms with van der Waals surface area (Å²) < 4.78 is 7.41. The van der Waals surface area contributed by atoms with E-state index in [9.17, 15) is 4.79 Å². The van der Waals surface area contributed by atoms with Crippen LogP contribution in [0.25, 0.3) is 10.9 Å². The fourth-order valence-corrected chi connectivity index (χ4v) is 3.27. The molecule has 0 aliphatic rings. The topological polar surface area (TPSA) is 63.3 Å². The molecule has 2 heterocycles. The molecule has 1 aromatic carbocycles. The summed E-state index contributed by atoms with van der Waals surface area (Å²) in [5, 5.41) is 8.07. The molecule has 0 bridgehead atoms. The van der Waals surface area contributed by atoms with Crippen molar-refractivity contribution in [3.63, 3.8) is 0 Å². The lowest BCUT2D eigenvalue weighted by Crippen LogP contribution is -2.19. The highest BCUT2D eigenvalue weighted by Crippen LogP contribution is 2.26. The Morgan fingerprint density at radius 1 is 1.31 bits per heavy atom. The second-order valence-corrected chi connectivity index (χ2v) is 7.03. The maximum Gasteiger partial charge on any atom is 0.231 e. The minimum atomic E-state index is -0.318. The number of benzene rings is 1. The van der Waals surface area contributed by atoms with Crippen molar-refractivity contribution in [3.05, 3.63) is 47.5 Å². The number of likely N-dealkylation sites (N-methyl/N-ethyl adjacent to an activating group) is 1. The molecule has 3 rings (SSSR count). The molecule has 138 valence electrons. The van der Waals surface area contributed by atoms with Crippen LogP contribution in [-0.2, 0) is 11.3 Å². The lowest BCUT2D eigenvalue weighted by molar-refractivity contribution is -0.117. The van der Waals surface area contributed by atoms with E-state index in [0.29, 0.717) is 5.76 Å². The summed E-state index contributed by atoms with van der Waals surface area (Å²) in [4.78, 5) is 14.8. The third-order valence-corrected chi connectivity index (χ3v) is 4.74. The van der Waals surface area contributed by atoms with Crippen molar-refractivity contribution in [3.8, 4) is 0 Å². The largest absolute Gasteiger partial charge is 0.361 e. The number of hydrogen-bond donors (Lipinski definition) is 1. The average Bonchev–Trinajstić information content (AvgIpc) is 3.15. The van der Waals surface area contributed by atoms with Gasteiger partial charge in [-0.25, -0.2) is 0 Å². The number of aryl methyl sites for hydroxylation is 2. The van der Waals surface area contributed by atoms with E-state index in [0.717, 1.165) is 35.4 Å². The molecular formula is C20H26N4O2. The number of amides is 1. The smallest absolute Gasteiger partial charge is 0.231 e. The third kappa shape index (κ3) is 3.65. The number of carbonyl (C=O) groups excluding carboxylic acids is 1. The Morgan fingerprint density at radius 2 is 2.08 bits per heavy atom. The Kier molecular flexibility index (Phi) is 5.13. The number of nitrogens with zero attached hydrogens (tertiary/aromatic N) is 3. The van der Waals surface area contributed by atoms with Gasteiger partial charge in [-0.3, -0.25) is 4.79 Å². The van der Waals surface area contributed by atoms with E-state index in [2.05, 4.69) is 52.4 Å². The number of fused-ring (bicyclic) bond motifs is 1. The number of anilines is 1. The predicted molar refractivity (Wildman–Crippen MR) is 104 cm³/mol. The first-order valence-electron chi connectivity index (χ1n) is 8.84. The summed E-state index contributed by atoms with van der Waals surface area (Å²) in [7, 11) is 4.14. The normalized spacial score (nSPS) is 12.7. The van der Waals surface area contributed by atoms with Crippen LogP contribution in [0.15, 0.2) is 35.0 Å². The van der Waals surface area contributed by atoms with Crippen molar-refractivity contribution in [2.24, 2.45) is 0 Å². The van der Waals surface area contributed by atoms with Crippen LogP contribution < -0.4 is 5.32 Å². The highest BCUT2D eigenvalue weighted by molar-refractivity contribution is 5.97. The van der Waals surface area contributed by atoms with Crippen LogP contribution in [-0.4, -0.2) is 41.2 Å². The van der Waals surface area contributed by atoms with Crippen LogP contribution in [0, 0.1) is 13.8 Å². The van der Waals surface area contributed by atoms with Gasteiger partial charge in [-0.2, -0.15) is 0 Å². The molecule has 1 atom stereocenters. The highest BCUT2D eigenvalue weighted by atomic mass is 16.5. The van der Waals surface area contributed by atoms with Crippen LogP contribution in [0.1, 0.15) is 29.9 Å². The lowest BCUT2D eigenvalue weighted by Gasteiger charge is -2.13. The zero-order valence-corrected chi connectivity index (χ0v) is 16.0. The van der Waals surface area contributed by atoms with E-state index in [1.807, 2.05) is 32.9 Å². The standard InChI is InChI=1S/C20H26N4O2/c1-13(19-14(2)22-26-15(19)3)20(25)21-17-6-7-18-16(12-17)8-9-24(18)11-10-23(4)5/h6-9,12-13H,10-11H2,1-5H3,(H,21,25). The SMILES string of the molecule is Cc1noc(C)c1C(C)C(=O)Nc1ccc2c(ccn2CCN(C)C)c1. The lowest BCUT2D eigenvalue weighted by atomic mass is 9.98. The Labute approximate surface area is 153 Å². The second kappa shape index (κ2) is 7.33. The van der Waals surface area contributed by atoms with Crippen molar-refractivity contribution < 1.29 is 9.32 Å². The summed E-state index contributed by atoms with van der Waals surface area (Å²) in [5.41, 5.74) is 3.59. The van der Waals surface area contributed by atoms with Gasteiger partial charge in [0.1, 0.15) is 5.76 Å². The second-order valence-electron chi connectivity index (χ2n) is 7.03. The molecule has 2 aromatic heterocycles. The first-order chi connectivity index (χ1) is 12.4. The first-order valence-corrected chi connectivity index (χ1v) is 8.84. The van der Waals surface area contributed by atoms with Gasteiger partial charge in [0.15, 0.2) is 0 Å². The van der Waals surface area contributed by atoms with E-state index in [1.54, 1.807) is 0 Å². The maximum absolute atomic E-state index is 12.6. The number of carbonyl (C=O) groups is 1. The molecule has 0 radical (unpaired) electrons. The van der Waals surface area contributed by atoms with Crippen LogP contribution in [0.5, 0.6) is 0 Å². The quantitative estimate of drug-likeness (QED) is 0.735. The van der Waals surface area contributed by atoms with Crippen LogP contribution in [0.2, 0.25) is 0 Å². The fourth-order valence-electron chi connectivity index (χ4n) is 3.27. The van der Waals surface area contributed by atoms with Gasteiger partial charge in [0, 0.05) is 41.4 Å². The van der Waals surface area contributed by atoms with Gasteiger partial charge in [-0.15, -0.1) is 0 Å².